The van der Waals surface area contributed by atoms with Crippen LogP contribution >= 0.6 is 11.3 Å². The number of thiophene rings is 1. The average molecular weight is 342 g/mol. The molecule has 0 amide bonds. The minimum absolute atomic E-state index is 0.502. The molecule has 1 fully saturated rings. The zero-order chi connectivity index (χ0) is 16.8. The van der Waals surface area contributed by atoms with Crippen LogP contribution in [0.5, 0.6) is 5.75 Å². The number of rotatable bonds is 7. The van der Waals surface area contributed by atoms with Crippen LogP contribution in [0, 0.1) is 24.2 Å². The van der Waals surface area contributed by atoms with E-state index in [0.29, 0.717) is 12.5 Å². The number of nitrogens with zero attached hydrogens (tertiary/aromatic N) is 1. The van der Waals surface area contributed by atoms with Crippen molar-refractivity contribution in [2.24, 2.45) is 5.92 Å². The summed E-state index contributed by atoms with van der Waals surface area (Å²) in [5, 5.41) is 14.2. The number of hydrogen-bond donors (Lipinski definition) is 1. The first-order valence-corrected chi connectivity index (χ1v) is 9.11. The van der Waals surface area contributed by atoms with Gasteiger partial charge in [-0.2, -0.15) is 5.26 Å². The predicted molar refractivity (Wildman–Crippen MR) is 95.2 cm³/mol. The minimum atomic E-state index is 0.502. The molecule has 1 aliphatic rings. The lowest BCUT2D eigenvalue weighted by Gasteiger charge is -2.15. The van der Waals surface area contributed by atoms with Crippen LogP contribution in [-0.2, 0) is 17.8 Å². The quantitative estimate of drug-likeness (QED) is 0.835. The van der Waals surface area contributed by atoms with Gasteiger partial charge in [0.25, 0.3) is 0 Å². The third-order valence-electron chi connectivity index (χ3n) is 4.12. The van der Waals surface area contributed by atoms with Crippen LogP contribution in [0.25, 0.3) is 0 Å². The Labute approximate surface area is 147 Å². The molecule has 0 unspecified atom stereocenters. The molecule has 1 aromatic carbocycles. The van der Waals surface area contributed by atoms with Crippen LogP contribution in [-0.4, -0.2) is 19.8 Å². The Morgan fingerprint density at radius 3 is 3.04 bits per heavy atom. The highest BCUT2D eigenvalue weighted by Gasteiger charge is 2.17. The Bertz CT molecular complexity index is 714. The molecule has 0 bridgehead atoms. The van der Waals surface area contributed by atoms with Crippen molar-refractivity contribution in [2.45, 2.75) is 26.4 Å². The molecular formula is C19H22N2O2S. The zero-order valence-electron chi connectivity index (χ0n) is 13.9. The summed E-state index contributed by atoms with van der Waals surface area (Å²) in [5.41, 5.74) is 3.10. The number of ether oxygens (including phenoxy) is 2. The molecule has 1 saturated heterocycles. The molecule has 5 heteroatoms. The smallest absolute Gasteiger partial charge is 0.124 e. The van der Waals surface area contributed by atoms with Crippen molar-refractivity contribution in [2.75, 3.05) is 19.8 Å². The summed E-state index contributed by atoms with van der Waals surface area (Å²) >= 11 is 1.61. The highest BCUT2D eigenvalue weighted by molar-refractivity contribution is 7.10. The van der Waals surface area contributed by atoms with Crippen LogP contribution in [0.3, 0.4) is 0 Å². The van der Waals surface area contributed by atoms with E-state index in [1.54, 1.807) is 11.3 Å². The van der Waals surface area contributed by atoms with Gasteiger partial charge in [-0.05, 0) is 31.0 Å². The lowest BCUT2D eigenvalue weighted by atomic mass is 10.1. The maximum Gasteiger partial charge on any atom is 0.124 e. The van der Waals surface area contributed by atoms with Crippen molar-refractivity contribution in [3.63, 3.8) is 0 Å². The average Bonchev–Trinajstić information content (AvgIpc) is 3.26. The monoisotopic (exact) mass is 342 g/mol. The molecule has 0 saturated carbocycles. The summed E-state index contributed by atoms with van der Waals surface area (Å²) in [4.78, 5) is 1.17. The first-order chi connectivity index (χ1) is 11.7. The number of nitriles is 1. The lowest BCUT2D eigenvalue weighted by Crippen LogP contribution is -2.15. The fourth-order valence-corrected chi connectivity index (χ4v) is 3.50. The van der Waals surface area contributed by atoms with E-state index < -0.39 is 0 Å². The number of hydrogen-bond acceptors (Lipinski definition) is 5. The van der Waals surface area contributed by atoms with E-state index in [4.69, 9.17) is 14.7 Å². The molecule has 0 spiro atoms. The van der Waals surface area contributed by atoms with Gasteiger partial charge in [-0.1, -0.05) is 12.1 Å². The van der Waals surface area contributed by atoms with Gasteiger partial charge in [-0.3, -0.25) is 0 Å². The van der Waals surface area contributed by atoms with E-state index in [9.17, 15) is 0 Å². The first-order valence-electron chi connectivity index (χ1n) is 8.23. The van der Waals surface area contributed by atoms with Gasteiger partial charge in [0.05, 0.1) is 18.8 Å². The SMILES string of the molecule is Cc1ccc(CNCc2cc(C#N)cs2)c(OC[C@H]2CCOC2)c1. The third-order valence-corrected chi connectivity index (χ3v) is 5.06. The van der Waals surface area contributed by atoms with Crippen molar-refractivity contribution < 1.29 is 9.47 Å². The van der Waals surface area contributed by atoms with E-state index in [1.807, 2.05) is 11.4 Å². The molecule has 1 aliphatic heterocycles. The molecule has 24 heavy (non-hydrogen) atoms. The van der Waals surface area contributed by atoms with Gasteiger partial charge in [0.2, 0.25) is 0 Å². The molecule has 0 radical (unpaired) electrons. The second kappa shape index (κ2) is 8.29. The molecule has 1 atom stereocenters. The van der Waals surface area contributed by atoms with Gasteiger partial charge in [-0.25, -0.2) is 0 Å². The maximum atomic E-state index is 8.88. The van der Waals surface area contributed by atoms with Gasteiger partial charge in [0.1, 0.15) is 11.8 Å². The lowest BCUT2D eigenvalue weighted by molar-refractivity contribution is 0.166. The van der Waals surface area contributed by atoms with Crippen molar-refractivity contribution in [3.8, 4) is 11.8 Å². The molecule has 4 nitrogen and oxygen atoms in total. The predicted octanol–water partition coefficient (Wildman–Crippen LogP) is 3.63. The van der Waals surface area contributed by atoms with Crippen molar-refractivity contribution >= 4 is 11.3 Å². The van der Waals surface area contributed by atoms with Crippen LogP contribution in [0.1, 0.15) is 28.0 Å². The Morgan fingerprint density at radius 1 is 1.38 bits per heavy atom. The summed E-state index contributed by atoms with van der Waals surface area (Å²) in [6.45, 7) is 5.96. The summed E-state index contributed by atoms with van der Waals surface area (Å²) in [7, 11) is 0. The molecule has 0 aliphatic carbocycles. The topological polar surface area (TPSA) is 54.3 Å². The normalized spacial score (nSPS) is 16.9. The van der Waals surface area contributed by atoms with Gasteiger partial charge in [0, 0.05) is 41.4 Å². The zero-order valence-corrected chi connectivity index (χ0v) is 14.7. The number of benzene rings is 1. The Morgan fingerprint density at radius 2 is 2.29 bits per heavy atom. The summed E-state index contributed by atoms with van der Waals surface area (Å²) in [6, 6.07) is 10.4. The molecule has 1 aromatic heterocycles. The van der Waals surface area contributed by atoms with E-state index >= 15 is 0 Å². The molecular weight excluding hydrogens is 320 g/mol. The second-order valence-corrected chi connectivity index (χ2v) is 7.16. The Hall–Kier alpha value is -1.87. The van der Waals surface area contributed by atoms with Gasteiger partial charge in [-0.15, -0.1) is 11.3 Å². The van der Waals surface area contributed by atoms with Crippen LogP contribution in [0.15, 0.2) is 29.6 Å². The maximum absolute atomic E-state index is 8.88. The van der Waals surface area contributed by atoms with Crippen LogP contribution in [0.4, 0.5) is 0 Å². The summed E-state index contributed by atoms with van der Waals surface area (Å²) < 4.78 is 11.5. The fraction of sp³-hybridized carbons (Fsp3) is 0.421. The summed E-state index contributed by atoms with van der Waals surface area (Å²) in [5.74, 6) is 1.46. The van der Waals surface area contributed by atoms with Crippen LogP contribution in [0.2, 0.25) is 0 Å². The van der Waals surface area contributed by atoms with E-state index in [0.717, 1.165) is 49.6 Å². The Balaban J connectivity index is 1.56. The molecule has 2 aromatic rings. The van der Waals surface area contributed by atoms with Crippen molar-refractivity contribution in [3.05, 3.63) is 51.2 Å². The minimum Gasteiger partial charge on any atom is -0.493 e. The van der Waals surface area contributed by atoms with Crippen LogP contribution < -0.4 is 10.1 Å². The molecule has 2 heterocycles. The van der Waals surface area contributed by atoms with Gasteiger partial charge >= 0.3 is 0 Å². The molecule has 3 rings (SSSR count). The fourth-order valence-electron chi connectivity index (χ4n) is 2.72. The standard InChI is InChI=1S/C19H22N2O2S/c1-14-2-3-17(9-21-10-18-7-16(8-20)13-24-18)19(6-14)23-12-15-4-5-22-11-15/h2-3,6-7,13,15,21H,4-5,9-12H2,1H3/t15-/m0/s1. The van der Waals surface area contributed by atoms with Crippen molar-refractivity contribution in [1.82, 2.24) is 5.32 Å². The largest absolute Gasteiger partial charge is 0.493 e. The number of aryl methyl sites for hydroxylation is 1. The van der Waals surface area contributed by atoms with Gasteiger partial charge < -0.3 is 14.8 Å². The number of nitrogens with one attached hydrogen (secondary N) is 1. The molecule has 1 N–H and O–H groups in total. The van der Waals surface area contributed by atoms with Gasteiger partial charge in [0.15, 0.2) is 0 Å². The van der Waals surface area contributed by atoms with Crippen molar-refractivity contribution in [1.29, 1.82) is 5.26 Å². The second-order valence-electron chi connectivity index (χ2n) is 6.17. The highest BCUT2D eigenvalue weighted by Crippen LogP contribution is 2.23. The third kappa shape index (κ3) is 4.57. The summed E-state index contributed by atoms with van der Waals surface area (Å²) in [6.07, 6.45) is 1.08. The van der Waals surface area contributed by atoms with E-state index in [-0.39, 0.29) is 0 Å². The Kier molecular flexibility index (Phi) is 5.86. The van der Waals surface area contributed by atoms with E-state index in [2.05, 4.69) is 36.5 Å². The van der Waals surface area contributed by atoms with E-state index in [1.165, 1.54) is 10.4 Å². The highest BCUT2D eigenvalue weighted by atomic mass is 32.1. The first kappa shape index (κ1) is 17.0. The molecule has 126 valence electrons.